The summed E-state index contributed by atoms with van der Waals surface area (Å²) < 4.78 is 2.21. The molecule has 3 rings (SSSR count). The van der Waals surface area contributed by atoms with Crippen LogP contribution in [0.5, 0.6) is 0 Å². The molecule has 1 amide bonds. The number of guanidine groups is 1. The molecule has 8 heteroatoms. The number of rotatable bonds is 5. The predicted molar refractivity (Wildman–Crippen MR) is 128 cm³/mol. The molecule has 7 nitrogen and oxygen atoms in total. The summed E-state index contributed by atoms with van der Waals surface area (Å²) in [4.78, 5) is 25.9. The summed E-state index contributed by atoms with van der Waals surface area (Å²) in [6.07, 6.45) is 12.2. The molecule has 0 spiro atoms. The Hall–Kier alpha value is -1.32. The summed E-state index contributed by atoms with van der Waals surface area (Å²) in [7, 11) is 0. The van der Waals surface area contributed by atoms with Crippen LogP contribution in [0.4, 0.5) is 0 Å². The number of carbonyl (C=O) groups excluding carboxylic acids is 1. The Morgan fingerprint density at radius 3 is 2.59 bits per heavy atom. The van der Waals surface area contributed by atoms with Crippen LogP contribution in [0.3, 0.4) is 0 Å². The number of nitrogens with one attached hydrogen (secondary N) is 1. The Labute approximate surface area is 192 Å². The molecule has 2 atom stereocenters. The van der Waals surface area contributed by atoms with Gasteiger partial charge in [0.15, 0.2) is 5.96 Å². The maximum Gasteiger partial charge on any atom is 0.224 e. The molecule has 2 saturated heterocycles. The Bertz CT molecular complexity index is 627. The number of piperidine rings is 1. The molecular formula is C21H37IN6O. The van der Waals surface area contributed by atoms with Gasteiger partial charge in [-0.05, 0) is 32.1 Å². The zero-order chi connectivity index (χ0) is 19.8. The van der Waals surface area contributed by atoms with Crippen LogP contribution in [-0.2, 0) is 4.79 Å². The van der Waals surface area contributed by atoms with Crippen molar-refractivity contribution in [3.05, 3.63) is 18.7 Å². The van der Waals surface area contributed by atoms with Gasteiger partial charge in [-0.2, -0.15) is 0 Å². The molecule has 2 unspecified atom stereocenters. The van der Waals surface area contributed by atoms with E-state index in [2.05, 4.69) is 39.8 Å². The molecule has 1 aromatic heterocycles. The Morgan fingerprint density at radius 1 is 1.17 bits per heavy atom. The first-order valence-corrected chi connectivity index (χ1v) is 11.0. The van der Waals surface area contributed by atoms with Gasteiger partial charge < -0.3 is 19.7 Å². The first-order chi connectivity index (χ1) is 13.7. The fraction of sp³-hybridized carbons (Fsp3) is 0.762. The number of hydrogen-bond donors (Lipinski definition) is 1. The van der Waals surface area contributed by atoms with Crippen LogP contribution >= 0.6 is 24.0 Å². The van der Waals surface area contributed by atoms with E-state index in [9.17, 15) is 4.79 Å². The smallest absolute Gasteiger partial charge is 0.224 e. The van der Waals surface area contributed by atoms with Crippen LogP contribution in [-0.4, -0.2) is 70.5 Å². The Morgan fingerprint density at radius 2 is 1.93 bits per heavy atom. The van der Waals surface area contributed by atoms with Crippen molar-refractivity contribution in [3.8, 4) is 0 Å². The average molecular weight is 516 g/mol. The van der Waals surface area contributed by atoms with E-state index in [1.807, 2.05) is 17.4 Å². The third kappa shape index (κ3) is 6.86. The standard InChI is InChI=1S/C21H36N6O.HI/c1-3-23-21(24-10-8-20(28)25-12-6-4-5-7-13-25)26-14-9-18(2)19(16-26)27-15-11-22-17-27;/h11,15,17-19H,3-10,12-14,16H2,1-2H3,(H,23,24);1H. The van der Waals surface area contributed by atoms with Gasteiger partial charge in [-0.3, -0.25) is 9.79 Å². The Kier molecular flexibility index (Phi) is 10.2. The van der Waals surface area contributed by atoms with E-state index in [-0.39, 0.29) is 29.9 Å². The van der Waals surface area contributed by atoms with Gasteiger partial charge in [0, 0.05) is 51.5 Å². The number of imidazole rings is 1. The fourth-order valence-corrected chi connectivity index (χ4v) is 4.26. The first kappa shape index (κ1) is 24.0. The van der Waals surface area contributed by atoms with Crippen LogP contribution in [0.2, 0.25) is 0 Å². The maximum atomic E-state index is 12.5. The van der Waals surface area contributed by atoms with Gasteiger partial charge in [0.1, 0.15) is 0 Å². The zero-order valence-corrected chi connectivity index (χ0v) is 20.3. The Balaban J connectivity index is 0.00000300. The van der Waals surface area contributed by atoms with Crippen molar-refractivity contribution in [1.82, 2.24) is 24.7 Å². The molecule has 1 aromatic rings. The summed E-state index contributed by atoms with van der Waals surface area (Å²) in [5, 5.41) is 3.42. The summed E-state index contributed by atoms with van der Waals surface area (Å²) in [6, 6.07) is 0.402. The van der Waals surface area contributed by atoms with Crippen molar-refractivity contribution in [1.29, 1.82) is 0 Å². The molecular weight excluding hydrogens is 479 g/mol. The predicted octanol–water partition coefficient (Wildman–Crippen LogP) is 3.14. The van der Waals surface area contributed by atoms with Crippen LogP contribution in [0.15, 0.2) is 23.7 Å². The topological polar surface area (TPSA) is 65.8 Å². The molecule has 0 aromatic carbocycles. The van der Waals surface area contributed by atoms with Crippen molar-refractivity contribution < 1.29 is 4.79 Å². The first-order valence-electron chi connectivity index (χ1n) is 11.0. The van der Waals surface area contributed by atoms with Crippen molar-refractivity contribution in [2.75, 3.05) is 39.3 Å². The maximum absolute atomic E-state index is 12.5. The number of likely N-dealkylation sites (tertiary alicyclic amines) is 2. The minimum Gasteiger partial charge on any atom is -0.357 e. The molecule has 3 heterocycles. The number of aromatic nitrogens is 2. The van der Waals surface area contributed by atoms with E-state index in [4.69, 9.17) is 4.99 Å². The minimum atomic E-state index is 0. The minimum absolute atomic E-state index is 0. The molecule has 2 fully saturated rings. The lowest BCUT2D eigenvalue weighted by Gasteiger charge is -2.39. The van der Waals surface area contributed by atoms with Crippen molar-refractivity contribution in [2.45, 2.75) is 58.4 Å². The molecule has 0 bridgehead atoms. The third-order valence-electron chi connectivity index (χ3n) is 6.01. The summed E-state index contributed by atoms with van der Waals surface area (Å²) in [5.74, 6) is 1.80. The quantitative estimate of drug-likeness (QED) is 0.371. The van der Waals surface area contributed by atoms with Crippen LogP contribution < -0.4 is 5.32 Å². The van der Waals surface area contributed by atoms with Gasteiger partial charge in [0.05, 0.1) is 18.9 Å². The van der Waals surface area contributed by atoms with E-state index in [0.29, 0.717) is 24.9 Å². The molecule has 2 aliphatic heterocycles. The molecule has 29 heavy (non-hydrogen) atoms. The van der Waals surface area contributed by atoms with E-state index in [0.717, 1.165) is 57.9 Å². The summed E-state index contributed by atoms with van der Waals surface area (Å²) in [5.41, 5.74) is 0. The molecule has 2 aliphatic rings. The van der Waals surface area contributed by atoms with Crippen LogP contribution in [0.25, 0.3) is 0 Å². The van der Waals surface area contributed by atoms with E-state index >= 15 is 0 Å². The van der Waals surface area contributed by atoms with Gasteiger partial charge in [0.25, 0.3) is 0 Å². The normalized spacial score (nSPS) is 23.3. The second-order valence-corrected chi connectivity index (χ2v) is 8.07. The largest absolute Gasteiger partial charge is 0.357 e. The van der Waals surface area contributed by atoms with Crippen molar-refractivity contribution >= 4 is 35.8 Å². The summed E-state index contributed by atoms with van der Waals surface area (Å²) in [6.45, 7) is 9.55. The molecule has 1 N–H and O–H groups in total. The average Bonchev–Trinajstić information content (AvgIpc) is 3.09. The van der Waals surface area contributed by atoms with Gasteiger partial charge in [0.2, 0.25) is 5.91 Å². The van der Waals surface area contributed by atoms with Crippen molar-refractivity contribution in [2.24, 2.45) is 10.9 Å². The van der Waals surface area contributed by atoms with Crippen LogP contribution in [0, 0.1) is 5.92 Å². The van der Waals surface area contributed by atoms with Gasteiger partial charge in [-0.1, -0.05) is 19.8 Å². The highest BCUT2D eigenvalue weighted by atomic mass is 127. The van der Waals surface area contributed by atoms with Crippen molar-refractivity contribution in [3.63, 3.8) is 0 Å². The van der Waals surface area contributed by atoms with Gasteiger partial charge in [-0.25, -0.2) is 4.98 Å². The SMILES string of the molecule is CCNC(=NCCC(=O)N1CCCCCC1)N1CCC(C)C(n2ccnc2)C1.I. The number of nitrogens with zero attached hydrogens (tertiary/aromatic N) is 5. The monoisotopic (exact) mass is 516 g/mol. The zero-order valence-electron chi connectivity index (χ0n) is 17.9. The number of carbonyl (C=O) groups is 1. The molecule has 0 radical (unpaired) electrons. The lowest BCUT2D eigenvalue weighted by molar-refractivity contribution is -0.130. The number of amides is 1. The highest BCUT2D eigenvalue weighted by Crippen LogP contribution is 2.27. The molecule has 0 aliphatic carbocycles. The molecule has 0 saturated carbocycles. The number of aliphatic imine (C=N–C) groups is 1. The van der Waals surface area contributed by atoms with Gasteiger partial charge >= 0.3 is 0 Å². The number of halogens is 1. The molecule has 164 valence electrons. The lowest BCUT2D eigenvalue weighted by Crippen LogP contribution is -2.49. The second kappa shape index (κ2) is 12.4. The summed E-state index contributed by atoms with van der Waals surface area (Å²) >= 11 is 0. The van der Waals surface area contributed by atoms with E-state index in [1.165, 1.54) is 12.8 Å². The van der Waals surface area contributed by atoms with Gasteiger partial charge in [-0.15, -0.1) is 24.0 Å². The van der Waals surface area contributed by atoms with E-state index < -0.39 is 0 Å². The third-order valence-corrected chi connectivity index (χ3v) is 6.01. The van der Waals surface area contributed by atoms with E-state index in [1.54, 1.807) is 0 Å². The van der Waals surface area contributed by atoms with Crippen LogP contribution in [0.1, 0.15) is 58.4 Å². The number of hydrogen-bond acceptors (Lipinski definition) is 3. The highest BCUT2D eigenvalue weighted by molar-refractivity contribution is 14.0. The highest BCUT2D eigenvalue weighted by Gasteiger charge is 2.29. The second-order valence-electron chi connectivity index (χ2n) is 8.07. The lowest BCUT2D eigenvalue weighted by atomic mass is 9.93. The fourth-order valence-electron chi connectivity index (χ4n) is 4.26.